The number of methoxy groups -OCH3 is 1. The Hall–Kier alpha value is -2.85. The molecule has 2 amide bonds. The average Bonchev–Trinajstić information content (AvgIpc) is 3.07. The number of rotatable bonds is 7. The molecule has 0 radical (unpaired) electrons. The first-order chi connectivity index (χ1) is 15.5. The van der Waals surface area contributed by atoms with Gasteiger partial charge in [-0.2, -0.15) is 0 Å². The third kappa shape index (κ3) is 5.31. The predicted octanol–water partition coefficient (Wildman–Crippen LogP) is 5.51. The van der Waals surface area contributed by atoms with E-state index in [0.29, 0.717) is 23.0 Å². The molecule has 0 N–H and O–H groups in total. The molecule has 0 aliphatic carbocycles. The lowest BCUT2D eigenvalue weighted by Gasteiger charge is -2.12. The molecule has 6 nitrogen and oxygen atoms in total. The van der Waals surface area contributed by atoms with E-state index in [9.17, 15) is 9.59 Å². The lowest BCUT2D eigenvalue weighted by atomic mass is 10.1. The van der Waals surface area contributed by atoms with Crippen LogP contribution in [0.3, 0.4) is 0 Å². The van der Waals surface area contributed by atoms with Gasteiger partial charge in [-0.3, -0.25) is 19.5 Å². The van der Waals surface area contributed by atoms with Crippen LogP contribution in [0.2, 0.25) is 0 Å². The maximum atomic E-state index is 12.8. The number of carbonyl (C=O) groups excluding carboxylic acids is 2. The molecule has 1 aliphatic heterocycles. The van der Waals surface area contributed by atoms with Crippen molar-refractivity contribution in [2.75, 3.05) is 7.11 Å². The minimum Gasteiger partial charge on any atom is -0.493 e. The Balaban J connectivity index is 1.48. The Bertz CT molecular complexity index is 1170. The number of hydrogen-bond donors (Lipinski definition) is 0. The van der Waals surface area contributed by atoms with Crippen LogP contribution in [0.25, 0.3) is 6.08 Å². The summed E-state index contributed by atoms with van der Waals surface area (Å²) in [6, 6.07) is 16.9. The molecular formula is C24H19IN2O4S. The molecule has 0 atom stereocenters. The van der Waals surface area contributed by atoms with E-state index < -0.39 is 0 Å². The molecule has 32 heavy (non-hydrogen) atoms. The number of ether oxygens (including phenoxy) is 2. The number of halogens is 1. The Morgan fingerprint density at radius 1 is 1.00 bits per heavy atom. The van der Waals surface area contributed by atoms with Crippen molar-refractivity contribution in [2.24, 2.45) is 0 Å². The van der Waals surface area contributed by atoms with Crippen LogP contribution >= 0.6 is 34.4 Å². The molecule has 1 aromatic heterocycles. The van der Waals surface area contributed by atoms with Crippen LogP contribution in [0, 0.1) is 3.57 Å². The van der Waals surface area contributed by atoms with Gasteiger partial charge >= 0.3 is 0 Å². The maximum absolute atomic E-state index is 12.8. The highest BCUT2D eigenvalue weighted by Gasteiger charge is 2.35. The Morgan fingerprint density at radius 2 is 1.75 bits per heavy atom. The minimum absolute atomic E-state index is 0.254. The first kappa shape index (κ1) is 22.3. The zero-order chi connectivity index (χ0) is 22.5. The van der Waals surface area contributed by atoms with E-state index in [1.807, 2.05) is 42.5 Å². The SMILES string of the molecule is COc1cc(/C=C2/SC(=O)N(Cc3ccc(I)cc3)C2=O)ccc1OCc1ccncc1. The molecule has 4 rings (SSSR count). The number of amides is 2. The predicted molar refractivity (Wildman–Crippen MR) is 132 cm³/mol. The van der Waals surface area contributed by atoms with Gasteiger partial charge < -0.3 is 9.47 Å². The van der Waals surface area contributed by atoms with E-state index in [1.54, 1.807) is 37.7 Å². The van der Waals surface area contributed by atoms with Gasteiger partial charge in [0.2, 0.25) is 0 Å². The van der Waals surface area contributed by atoms with Gasteiger partial charge in [0.15, 0.2) is 11.5 Å². The van der Waals surface area contributed by atoms with Crippen LogP contribution in [0.1, 0.15) is 16.7 Å². The van der Waals surface area contributed by atoms with Crippen molar-refractivity contribution in [3.63, 3.8) is 0 Å². The Morgan fingerprint density at radius 3 is 2.47 bits per heavy atom. The van der Waals surface area contributed by atoms with Gasteiger partial charge in [0.1, 0.15) is 6.61 Å². The molecule has 1 aliphatic rings. The third-order valence-electron chi connectivity index (χ3n) is 4.76. The van der Waals surface area contributed by atoms with Gasteiger partial charge in [0, 0.05) is 16.0 Å². The molecular weight excluding hydrogens is 539 g/mol. The van der Waals surface area contributed by atoms with E-state index in [2.05, 4.69) is 27.6 Å². The Labute approximate surface area is 203 Å². The average molecular weight is 558 g/mol. The number of hydrogen-bond acceptors (Lipinski definition) is 6. The van der Waals surface area contributed by atoms with E-state index in [1.165, 1.54) is 4.90 Å². The second-order valence-corrected chi connectivity index (χ2v) is 9.19. The summed E-state index contributed by atoms with van der Waals surface area (Å²) in [5, 5.41) is -0.274. The van der Waals surface area contributed by atoms with Crippen LogP contribution < -0.4 is 9.47 Å². The fraction of sp³-hybridized carbons (Fsp3) is 0.125. The number of nitrogens with zero attached hydrogens (tertiary/aromatic N) is 2. The van der Waals surface area contributed by atoms with Gasteiger partial charge in [-0.25, -0.2) is 0 Å². The molecule has 0 bridgehead atoms. The van der Waals surface area contributed by atoms with E-state index in [4.69, 9.17) is 9.47 Å². The van der Waals surface area contributed by atoms with Crippen molar-refractivity contribution in [3.05, 3.63) is 92.2 Å². The lowest BCUT2D eigenvalue weighted by molar-refractivity contribution is -0.123. The summed E-state index contributed by atoms with van der Waals surface area (Å²) in [6.07, 6.45) is 5.13. The van der Waals surface area contributed by atoms with Crippen molar-refractivity contribution >= 4 is 51.6 Å². The summed E-state index contributed by atoms with van der Waals surface area (Å²) in [5.74, 6) is 0.842. The van der Waals surface area contributed by atoms with Crippen molar-refractivity contribution in [1.82, 2.24) is 9.88 Å². The number of carbonyl (C=O) groups is 2. The standard InChI is InChI=1S/C24H19IN2O4S/c1-30-21-12-18(4-7-20(21)31-15-17-8-10-26-11-9-17)13-22-23(28)27(24(29)32-22)14-16-2-5-19(25)6-3-16/h2-13H,14-15H2,1H3/b22-13+. The quantitative estimate of drug-likeness (QED) is 0.282. The zero-order valence-corrected chi connectivity index (χ0v) is 20.1. The second-order valence-electron chi connectivity index (χ2n) is 6.95. The largest absolute Gasteiger partial charge is 0.493 e. The highest BCUT2D eigenvalue weighted by atomic mass is 127. The molecule has 2 heterocycles. The van der Waals surface area contributed by atoms with E-state index in [-0.39, 0.29) is 17.7 Å². The van der Waals surface area contributed by atoms with Crippen LogP contribution in [0.4, 0.5) is 4.79 Å². The first-order valence-electron chi connectivity index (χ1n) is 9.73. The minimum atomic E-state index is -0.296. The fourth-order valence-corrected chi connectivity index (χ4v) is 4.29. The van der Waals surface area contributed by atoms with E-state index >= 15 is 0 Å². The molecule has 0 saturated carbocycles. The summed E-state index contributed by atoms with van der Waals surface area (Å²) in [6.45, 7) is 0.639. The summed E-state index contributed by atoms with van der Waals surface area (Å²) >= 11 is 3.16. The van der Waals surface area contributed by atoms with Gasteiger partial charge in [0.25, 0.3) is 11.1 Å². The van der Waals surface area contributed by atoms with Crippen molar-refractivity contribution in [3.8, 4) is 11.5 Å². The smallest absolute Gasteiger partial charge is 0.293 e. The number of pyridine rings is 1. The number of aromatic nitrogens is 1. The first-order valence-corrected chi connectivity index (χ1v) is 11.6. The van der Waals surface area contributed by atoms with Gasteiger partial charge in [-0.05, 0) is 93.5 Å². The molecule has 2 aromatic carbocycles. The number of benzene rings is 2. The summed E-state index contributed by atoms with van der Waals surface area (Å²) in [7, 11) is 1.56. The topological polar surface area (TPSA) is 68.7 Å². The number of thioether (sulfide) groups is 1. The van der Waals surface area contributed by atoms with Crippen LogP contribution in [-0.4, -0.2) is 28.1 Å². The molecule has 8 heteroatoms. The number of imide groups is 1. The monoisotopic (exact) mass is 558 g/mol. The van der Waals surface area contributed by atoms with Crippen LogP contribution in [-0.2, 0) is 17.9 Å². The van der Waals surface area contributed by atoms with Gasteiger partial charge in [-0.1, -0.05) is 18.2 Å². The normalized spacial score (nSPS) is 14.8. The zero-order valence-electron chi connectivity index (χ0n) is 17.2. The highest BCUT2D eigenvalue weighted by Crippen LogP contribution is 2.35. The van der Waals surface area contributed by atoms with Crippen LogP contribution in [0.5, 0.6) is 11.5 Å². The molecule has 0 spiro atoms. The van der Waals surface area contributed by atoms with Crippen molar-refractivity contribution < 1.29 is 19.1 Å². The second kappa shape index (κ2) is 10.2. The maximum Gasteiger partial charge on any atom is 0.293 e. The molecule has 1 fully saturated rings. The molecule has 0 unspecified atom stereocenters. The van der Waals surface area contributed by atoms with Gasteiger partial charge in [0.05, 0.1) is 18.6 Å². The highest BCUT2D eigenvalue weighted by molar-refractivity contribution is 14.1. The molecule has 162 valence electrons. The lowest BCUT2D eigenvalue weighted by Crippen LogP contribution is -2.27. The fourth-order valence-electron chi connectivity index (χ4n) is 3.09. The van der Waals surface area contributed by atoms with Gasteiger partial charge in [-0.15, -0.1) is 0 Å². The van der Waals surface area contributed by atoms with Crippen LogP contribution in [0.15, 0.2) is 71.9 Å². The van der Waals surface area contributed by atoms with Crippen molar-refractivity contribution in [1.29, 1.82) is 0 Å². The van der Waals surface area contributed by atoms with E-state index in [0.717, 1.165) is 32.0 Å². The third-order valence-corrected chi connectivity index (χ3v) is 6.38. The summed E-state index contributed by atoms with van der Waals surface area (Å²) in [4.78, 5) is 30.9. The molecule has 1 saturated heterocycles. The summed E-state index contributed by atoms with van der Waals surface area (Å²) < 4.78 is 12.4. The Kier molecular flexibility index (Phi) is 7.11. The molecule has 3 aromatic rings. The summed E-state index contributed by atoms with van der Waals surface area (Å²) in [5.41, 5.74) is 2.65. The van der Waals surface area contributed by atoms with Crippen molar-refractivity contribution in [2.45, 2.75) is 13.2 Å².